The van der Waals surface area contributed by atoms with Crippen molar-refractivity contribution in [3.05, 3.63) is 74.5 Å². The smallest absolute Gasteiger partial charge is 0.360 e. The van der Waals surface area contributed by atoms with Crippen LogP contribution in [-0.4, -0.2) is 41.7 Å². The summed E-state index contributed by atoms with van der Waals surface area (Å²) in [5.74, 6) is 0.0878. The Morgan fingerprint density at radius 1 is 1.07 bits per heavy atom. The monoisotopic (exact) mass is 595 g/mol. The van der Waals surface area contributed by atoms with Gasteiger partial charge in [-0.1, -0.05) is 53.5 Å². The Balaban J connectivity index is 1.39. The summed E-state index contributed by atoms with van der Waals surface area (Å²) >= 11 is 12.8. The van der Waals surface area contributed by atoms with Crippen LogP contribution in [0.25, 0.3) is 11.3 Å². The standard InChI is InChI=1S/C33H39Cl2N3O3/c1-7-40-31(39)29-30(36-21(4)28(37-29)25-9-8-10-26(34)27(25)35)38-15-13-33(14-16-38)18-22-11-12-24(17-23(22)19-33)32(5,6)41-20(2)3/h8-12,17,20H,7,13-16,18-19H2,1-6H3. The fourth-order valence-corrected chi connectivity index (χ4v) is 6.81. The summed E-state index contributed by atoms with van der Waals surface area (Å²) in [6.45, 7) is 14.0. The van der Waals surface area contributed by atoms with Crippen molar-refractivity contribution in [3.8, 4) is 11.3 Å². The van der Waals surface area contributed by atoms with Crippen molar-refractivity contribution in [2.75, 3.05) is 24.6 Å². The summed E-state index contributed by atoms with van der Waals surface area (Å²) < 4.78 is 11.6. The van der Waals surface area contributed by atoms with Crippen LogP contribution in [0.5, 0.6) is 0 Å². The number of aryl methyl sites for hydroxylation is 1. The molecular formula is C33H39Cl2N3O3. The predicted octanol–water partition coefficient (Wildman–Crippen LogP) is 7.98. The van der Waals surface area contributed by atoms with Gasteiger partial charge in [0.2, 0.25) is 0 Å². The van der Waals surface area contributed by atoms with E-state index in [1.54, 1.807) is 13.0 Å². The first-order valence-corrected chi connectivity index (χ1v) is 15.2. The topological polar surface area (TPSA) is 64.5 Å². The highest BCUT2D eigenvalue weighted by Crippen LogP contribution is 2.46. The van der Waals surface area contributed by atoms with E-state index in [0.717, 1.165) is 38.8 Å². The maximum absolute atomic E-state index is 13.1. The number of hydrogen-bond donors (Lipinski definition) is 0. The number of halogens is 2. The molecule has 6 nitrogen and oxygen atoms in total. The van der Waals surface area contributed by atoms with Crippen molar-refractivity contribution in [2.24, 2.45) is 5.41 Å². The minimum absolute atomic E-state index is 0.164. The van der Waals surface area contributed by atoms with Gasteiger partial charge in [0, 0.05) is 18.7 Å². The maximum Gasteiger partial charge on any atom is 0.360 e. The molecule has 2 aliphatic rings. The largest absolute Gasteiger partial charge is 0.461 e. The molecule has 3 aromatic rings. The Hall–Kier alpha value is -2.67. The highest BCUT2D eigenvalue weighted by atomic mass is 35.5. The van der Waals surface area contributed by atoms with Crippen molar-refractivity contribution >= 4 is 35.0 Å². The van der Waals surface area contributed by atoms with Crippen molar-refractivity contribution in [3.63, 3.8) is 0 Å². The van der Waals surface area contributed by atoms with Crippen LogP contribution in [0.4, 0.5) is 5.82 Å². The van der Waals surface area contributed by atoms with Gasteiger partial charge in [-0.25, -0.2) is 14.8 Å². The normalized spacial score (nSPS) is 16.4. The number of ether oxygens (including phenoxy) is 2. The molecule has 0 radical (unpaired) electrons. The lowest BCUT2D eigenvalue weighted by Gasteiger charge is -2.40. The van der Waals surface area contributed by atoms with E-state index in [4.69, 9.17) is 42.6 Å². The number of benzene rings is 2. The molecule has 1 aliphatic carbocycles. The zero-order chi connectivity index (χ0) is 29.5. The molecule has 5 rings (SSSR count). The van der Waals surface area contributed by atoms with Gasteiger partial charge in [0.1, 0.15) is 0 Å². The highest BCUT2D eigenvalue weighted by Gasteiger charge is 2.41. The second-order valence-corrected chi connectivity index (χ2v) is 12.9. The fourth-order valence-electron chi connectivity index (χ4n) is 6.42. The van der Waals surface area contributed by atoms with E-state index < -0.39 is 5.97 Å². The number of carbonyl (C=O) groups is 1. The molecule has 1 fully saturated rings. The Bertz CT molecular complexity index is 1460. The third-order valence-electron chi connectivity index (χ3n) is 8.41. The molecule has 41 heavy (non-hydrogen) atoms. The van der Waals surface area contributed by atoms with Gasteiger partial charge < -0.3 is 14.4 Å². The lowest BCUT2D eigenvalue weighted by Crippen LogP contribution is -2.42. The number of carbonyl (C=O) groups excluding carboxylic acids is 1. The predicted molar refractivity (Wildman–Crippen MR) is 165 cm³/mol. The van der Waals surface area contributed by atoms with Crippen LogP contribution >= 0.6 is 23.2 Å². The number of esters is 1. The Labute approximate surface area is 253 Å². The molecule has 0 bridgehead atoms. The molecule has 0 unspecified atom stereocenters. The molecule has 1 aliphatic heterocycles. The Morgan fingerprint density at radius 3 is 2.46 bits per heavy atom. The molecule has 2 aromatic carbocycles. The number of rotatable bonds is 7. The van der Waals surface area contributed by atoms with E-state index in [1.807, 2.05) is 19.1 Å². The zero-order valence-corrected chi connectivity index (χ0v) is 26.3. The molecule has 1 saturated heterocycles. The zero-order valence-electron chi connectivity index (χ0n) is 24.8. The number of anilines is 1. The van der Waals surface area contributed by atoms with Crippen LogP contribution in [0.15, 0.2) is 36.4 Å². The van der Waals surface area contributed by atoms with Gasteiger partial charge in [0.05, 0.1) is 39.7 Å². The van der Waals surface area contributed by atoms with Gasteiger partial charge in [-0.2, -0.15) is 0 Å². The number of hydrogen-bond acceptors (Lipinski definition) is 6. The van der Waals surface area contributed by atoms with Crippen LogP contribution in [-0.2, 0) is 27.9 Å². The molecular weight excluding hydrogens is 557 g/mol. The molecule has 2 heterocycles. The Kier molecular flexibility index (Phi) is 8.39. The van der Waals surface area contributed by atoms with Crippen LogP contribution < -0.4 is 4.90 Å². The quantitative estimate of drug-likeness (QED) is 0.258. The van der Waals surface area contributed by atoms with Gasteiger partial charge in [0.25, 0.3) is 0 Å². The van der Waals surface area contributed by atoms with Crippen molar-refractivity contribution in [1.29, 1.82) is 0 Å². The maximum atomic E-state index is 13.1. The molecule has 0 saturated carbocycles. The molecule has 218 valence electrons. The number of piperidine rings is 1. The fraction of sp³-hybridized carbons (Fsp3) is 0.485. The average molecular weight is 597 g/mol. The lowest BCUT2D eigenvalue weighted by molar-refractivity contribution is -0.0600. The van der Waals surface area contributed by atoms with Crippen LogP contribution in [0.3, 0.4) is 0 Å². The first-order chi connectivity index (χ1) is 19.4. The first-order valence-electron chi connectivity index (χ1n) is 14.5. The second-order valence-electron chi connectivity index (χ2n) is 12.2. The third-order valence-corrected chi connectivity index (χ3v) is 9.23. The van der Waals surface area contributed by atoms with Crippen molar-refractivity contribution in [1.82, 2.24) is 9.97 Å². The van der Waals surface area contributed by atoms with Crippen LogP contribution in [0, 0.1) is 12.3 Å². The Morgan fingerprint density at radius 2 is 1.78 bits per heavy atom. The minimum Gasteiger partial charge on any atom is -0.461 e. The first kappa shape index (κ1) is 29.8. The number of aromatic nitrogens is 2. The van der Waals surface area contributed by atoms with Gasteiger partial charge in [-0.3, -0.25) is 0 Å². The van der Waals surface area contributed by atoms with Crippen LogP contribution in [0.1, 0.15) is 80.3 Å². The molecule has 8 heteroatoms. The number of nitrogens with zero attached hydrogens (tertiary/aromatic N) is 3. The molecule has 0 amide bonds. The molecule has 1 spiro atoms. The van der Waals surface area contributed by atoms with Crippen molar-refractivity contribution in [2.45, 2.75) is 78.9 Å². The molecule has 0 N–H and O–H groups in total. The van der Waals surface area contributed by atoms with Gasteiger partial charge in [0.15, 0.2) is 11.5 Å². The summed E-state index contributed by atoms with van der Waals surface area (Å²) in [5.41, 5.74) is 6.05. The van der Waals surface area contributed by atoms with E-state index in [1.165, 1.54) is 16.7 Å². The van der Waals surface area contributed by atoms with E-state index in [0.29, 0.717) is 32.8 Å². The highest BCUT2D eigenvalue weighted by molar-refractivity contribution is 6.43. The summed E-state index contributed by atoms with van der Waals surface area (Å²) in [5, 5.41) is 0.811. The van der Waals surface area contributed by atoms with Gasteiger partial charge in [-0.15, -0.1) is 0 Å². The summed E-state index contributed by atoms with van der Waals surface area (Å²) in [7, 11) is 0. The van der Waals surface area contributed by atoms with Gasteiger partial charge >= 0.3 is 5.97 Å². The van der Waals surface area contributed by atoms with E-state index in [9.17, 15) is 4.79 Å². The second kappa shape index (κ2) is 11.5. The van der Waals surface area contributed by atoms with Crippen molar-refractivity contribution < 1.29 is 14.3 Å². The third kappa shape index (κ3) is 5.97. The van der Waals surface area contributed by atoms with E-state index in [-0.39, 0.29) is 29.4 Å². The number of fused-ring (bicyclic) bond motifs is 1. The summed E-state index contributed by atoms with van der Waals surface area (Å²) in [4.78, 5) is 25.0. The SMILES string of the molecule is CCOC(=O)c1nc(-c2cccc(Cl)c2Cl)c(C)nc1N1CCC2(CC1)Cc1ccc(C(C)(C)OC(C)C)cc1C2. The molecule has 0 atom stereocenters. The average Bonchev–Trinajstić information content (AvgIpc) is 3.27. The lowest BCUT2D eigenvalue weighted by atomic mass is 9.76. The van der Waals surface area contributed by atoms with Gasteiger partial charge in [-0.05, 0) is 95.4 Å². The van der Waals surface area contributed by atoms with E-state index in [2.05, 4.69) is 50.8 Å². The van der Waals surface area contributed by atoms with E-state index >= 15 is 0 Å². The molecule has 1 aromatic heterocycles. The summed E-state index contributed by atoms with van der Waals surface area (Å²) in [6.07, 6.45) is 4.31. The summed E-state index contributed by atoms with van der Waals surface area (Å²) in [6, 6.07) is 12.3. The van der Waals surface area contributed by atoms with Crippen LogP contribution in [0.2, 0.25) is 10.0 Å². The minimum atomic E-state index is -0.485.